The summed E-state index contributed by atoms with van der Waals surface area (Å²) >= 11 is 0. The highest BCUT2D eigenvalue weighted by Crippen LogP contribution is 2.20. The lowest BCUT2D eigenvalue weighted by atomic mass is 10.2. The van der Waals surface area contributed by atoms with Crippen molar-refractivity contribution in [2.24, 2.45) is 0 Å². The molecular weight excluding hydrogens is 418 g/mol. The molecule has 0 aliphatic carbocycles. The maximum absolute atomic E-state index is 13.2. The van der Waals surface area contributed by atoms with E-state index in [9.17, 15) is 18.3 Å². The molecule has 1 unspecified atom stereocenters. The molecule has 0 aromatic heterocycles. The number of carbonyl (C=O) groups excluding carboxylic acids is 1. The summed E-state index contributed by atoms with van der Waals surface area (Å²) in [5, 5.41) is 10.5. The van der Waals surface area contributed by atoms with Crippen LogP contribution in [0.25, 0.3) is 6.08 Å². The molecule has 0 saturated carbocycles. The van der Waals surface area contributed by atoms with E-state index in [1.165, 1.54) is 37.5 Å². The molecule has 0 spiro atoms. The summed E-state index contributed by atoms with van der Waals surface area (Å²) < 4.78 is 37.6. The highest BCUT2D eigenvalue weighted by atomic mass is 32.2. The number of hydrogen-bond donors (Lipinski definition) is 1. The maximum Gasteiger partial charge on any atom is 0.321 e. The van der Waals surface area contributed by atoms with Crippen molar-refractivity contribution in [1.29, 1.82) is 0 Å². The molecule has 0 aliphatic rings. The molecule has 0 radical (unpaired) electrons. The molecule has 0 heterocycles. The van der Waals surface area contributed by atoms with Gasteiger partial charge < -0.3 is 14.6 Å². The summed E-state index contributed by atoms with van der Waals surface area (Å²) in [6.45, 7) is 4.26. The predicted molar refractivity (Wildman–Crippen MR) is 119 cm³/mol. The first kappa shape index (κ1) is 24.6. The van der Waals surface area contributed by atoms with Crippen LogP contribution in [0.3, 0.4) is 0 Å². The molecule has 168 valence electrons. The van der Waals surface area contributed by atoms with Gasteiger partial charge in [-0.1, -0.05) is 42.5 Å². The van der Waals surface area contributed by atoms with Crippen molar-refractivity contribution >= 4 is 22.1 Å². The number of rotatable bonds is 9. The largest absolute Gasteiger partial charge is 0.497 e. The fourth-order valence-corrected chi connectivity index (χ4v) is 4.12. The van der Waals surface area contributed by atoms with E-state index >= 15 is 0 Å². The monoisotopic (exact) mass is 447 g/mol. The van der Waals surface area contributed by atoms with Gasteiger partial charge in [0.2, 0.25) is 10.0 Å². The van der Waals surface area contributed by atoms with E-state index < -0.39 is 34.2 Å². The van der Waals surface area contributed by atoms with Crippen molar-refractivity contribution in [1.82, 2.24) is 4.31 Å². The Bertz CT molecular complexity index is 979. The van der Waals surface area contributed by atoms with E-state index in [0.29, 0.717) is 5.75 Å². The number of sulfonamides is 1. The van der Waals surface area contributed by atoms with Gasteiger partial charge in [0.25, 0.3) is 0 Å². The molecule has 0 aliphatic heterocycles. The van der Waals surface area contributed by atoms with Gasteiger partial charge in [-0.2, -0.15) is 4.31 Å². The minimum absolute atomic E-state index is 0.0175. The van der Waals surface area contributed by atoms with Gasteiger partial charge in [0.1, 0.15) is 17.9 Å². The van der Waals surface area contributed by atoms with Crippen molar-refractivity contribution in [3.63, 3.8) is 0 Å². The average molecular weight is 448 g/mol. The molecule has 7 nitrogen and oxygen atoms in total. The Morgan fingerprint density at radius 1 is 1.10 bits per heavy atom. The lowest BCUT2D eigenvalue weighted by Gasteiger charge is -2.25. The molecule has 1 N–H and O–H groups in total. The second kappa shape index (κ2) is 10.6. The van der Waals surface area contributed by atoms with Crippen LogP contribution in [0.15, 0.2) is 65.6 Å². The summed E-state index contributed by atoms with van der Waals surface area (Å²) in [6, 6.07) is 15.1. The highest BCUT2D eigenvalue weighted by molar-refractivity contribution is 7.89. The summed E-state index contributed by atoms with van der Waals surface area (Å²) in [7, 11) is -2.59. The van der Waals surface area contributed by atoms with Crippen LogP contribution in [0.4, 0.5) is 0 Å². The van der Waals surface area contributed by atoms with Crippen LogP contribution in [-0.2, 0) is 19.6 Å². The third-order valence-electron chi connectivity index (χ3n) is 4.12. The Balaban J connectivity index is 2.26. The number of benzene rings is 2. The first-order chi connectivity index (χ1) is 14.5. The van der Waals surface area contributed by atoms with Gasteiger partial charge in [-0.3, -0.25) is 4.79 Å². The summed E-state index contributed by atoms with van der Waals surface area (Å²) in [5.74, 6) is -0.202. The Hall–Kier alpha value is -2.68. The number of esters is 1. The number of aliphatic hydroxyl groups is 1. The molecule has 0 fully saturated rings. The van der Waals surface area contributed by atoms with Crippen LogP contribution in [-0.4, -0.2) is 55.7 Å². The van der Waals surface area contributed by atoms with Gasteiger partial charge >= 0.3 is 5.97 Å². The number of nitrogens with zero attached hydrogens (tertiary/aromatic N) is 1. The smallest absolute Gasteiger partial charge is 0.321 e. The van der Waals surface area contributed by atoms with E-state index in [0.717, 1.165) is 9.87 Å². The normalized spacial score (nSPS) is 13.4. The first-order valence-corrected chi connectivity index (χ1v) is 11.2. The van der Waals surface area contributed by atoms with Gasteiger partial charge in [0.05, 0.1) is 18.1 Å². The van der Waals surface area contributed by atoms with Crippen LogP contribution < -0.4 is 4.74 Å². The van der Waals surface area contributed by atoms with E-state index in [-0.39, 0.29) is 11.4 Å². The Labute approximate surface area is 184 Å². The fraction of sp³-hybridized carbons (Fsp3) is 0.348. The van der Waals surface area contributed by atoms with Gasteiger partial charge in [-0.15, -0.1) is 0 Å². The fourth-order valence-electron chi connectivity index (χ4n) is 2.72. The highest BCUT2D eigenvalue weighted by Gasteiger charge is 2.30. The first-order valence-electron chi connectivity index (χ1n) is 9.78. The number of aliphatic hydroxyl groups excluding tert-OH is 1. The maximum atomic E-state index is 13.2. The van der Waals surface area contributed by atoms with Crippen molar-refractivity contribution in [3.05, 3.63) is 66.2 Å². The van der Waals surface area contributed by atoms with E-state index in [2.05, 4.69) is 0 Å². The molecule has 0 bridgehead atoms. The van der Waals surface area contributed by atoms with Crippen LogP contribution in [0.2, 0.25) is 0 Å². The topological polar surface area (TPSA) is 93.1 Å². The SMILES string of the molecule is COc1ccc(S(=O)(=O)N(CC(=O)OC(C)(C)C)CC(O)/C=C/c2ccccc2)cc1. The standard InChI is InChI=1S/C23H29NO6S/c1-23(2,3)30-22(26)17-24(16-19(25)11-10-18-8-6-5-7-9-18)31(27,28)21-14-12-20(29-4)13-15-21/h5-15,19,25H,16-17H2,1-4H3/b11-10+. The zero-order valence-electron chi connectivity index (χ0n) is 18.2. The number of carbonyl (C=O) groups is 1. The van der Waals surface area contributed by atoms with Crippen molar-refractivity contribution in [2.75, 3.05) is 20.2 Å². The predicted octanol–water partition coefficient (Wildman–Crippen LogP) is 3.10. The molecule has 0 saturated heterocycles. The van der Waals surface area contributed by atoms with Gasteiger partial charge in [0, 0.05) is 6.54 Å². The minimum Gasteiger partial charge on any atom is -0.497 e. The number of ether oxygens (including phenoxy) is 2. The van der Waals surface area contributed by atoms with Crippen LogP contribution in [0.5, 0.6) is 5.75 Å². The van der Waals surface area contributed by atoms with Crippen LogP contribution in [0, 0.1) is 0 Å². The zero-order valence-corrected chi connectivity index (χ0v) is 19.0. The number of methoxy groups -OCH3 is 1. The summed E-state index contributed by atoms with van der Waals surface area (Å²) in [5.41, 5.74) is 0.0941. The molecule has 2 aromatic rings. The Morgan fingerprint density at radius 2 is 1.71 bits per heavy atom. The van der Waals surface area contributed by atoms with Gasteiger partial charge in [-0.25, -0.2) is 8.42 Å². The third kappa shape index (κ3) is 7.82. The number of hydrogen-bond acceptors (Lipinski definition) is 6. The molecule has 1 atom stereocenters. The average Bonchev–Trinajstić information content (AvgIpc) is 2.71. The second-order valence-corrected chi connectivity index (χ2v) is 9.83. The minimum atomic E-state index is -4.07. The summed E-state index contributed by atoms with van der Waals surface area (Å²) in [4.78, 5) is 12.3. The van der Waals surface area contributed by atoms with Crippen LogP contribution in [0.1, 0.15) is 26.3 Å². The lowest BCUT2D eigenvalue weighted by molar-refractivity contribution is -0.155. The molecule has 2 aromatic carbocycles. The van der Waals surface area contributed by atoms with Gasteiger partial charge in [0.15, 0.2) is 0 Å². The van der Waals surface area contributed by atoms with Crippen molar-refractivity contribution < 1.29 is 27.8 Å². The van der Waals surface area contributed by atoms with Crippen molar-refractivity contribution in [3.8, 4) is 5.75 Å². The third-order valence-corrected chi connectivity index (χ3v) is 5.95. The lowest BCUT2D eigenvalue weighted by Crippen LogP contribution is -2.42. The quantitative estimate of drug-likeness (QED) is 0.594. The molecular formula is C23H29NO6S. The van der Waals surface area contributed by atoms with Crippen LogP contribution >= 0.6 is 0 Å². The molecule has 2 rings (SSSR count). The molecule has 31 heavy (non-hydrogen) atoms. The van der Waals surface area contributed by atoms with E-state index in [4.69, 9.17) is 9.47 Å². The van der Waals surface area contributed by atoms with E-state index in [1.807, 2.05) is 30.3 Å². The van der Waals surface area contributed by atoms with Crippen molar-refractivity contribution in [2.45, 2.75) is 37.4 Å². The molecule has 8 heteroatoms. The Kier molecular flexibility index (Phi) is 8.38. The molecule has 0 amide bonds. The second-order valence-electron chi connectivity index (χ2n) is 7.90. The van der Waals surface area contributed by atoms with Gasteiger partial charge in [-0.05, 0) is 50.6 Å². The van der Waals surface area contributed by atoms with E-state index in [1.54, 1.807) is 26.8 Å². The zero-order chi connectivity index (χ0) is 23.1. The summed E-state index contributed by atoms with van der Waals surface area (Å²) in [6.07, 6.45) is 2.05. The Morgan fingerprint density at radius 3 is 2.26 bits per heavy atom.